The maximum atomic E-state index is 13.3. The molecule has 0 amide bonds. The molecular weight excluding hydrogens is 223 g/mol. The fraction of sp³-hybridized carbons (Fsp3) is 0.556. The highest BCUT2D eigenvalue weighted by Crippen LogP contribution is 2.31. The third-order valence-electron chi connectivity index (χ3n) is 1.98. The zero-order valence-corrected chi connectivity index (χ0v) is 8.13. The molecule has 1 fully saturated rings. The summed E-state index contributed by atoms with van der Waals surface area (Å²) in [5.74, 6) is 0. The van der Waals surface area contributed by atoms with Gasteiger partial charge in [0, 0.05) is 4.48 Å². The Morgan fingerprint density at radius 3 is 2.92 bits per heavy atom. The minimum atomic E-state index is -1.02. The Kier molecular flexibility index (Phi) is 2.33. The molecule has 0 spiro atoms. The number of halogens is 2. The number of allylic oxidation sites excluding steroid dienone is 2. The molecule has 0 bridgehead atoms. The Balaban J connectivity index is 1.97. The molecule has 2 aliphatic rings. The van der Waals surface area contributed by atoms with Gasteiger partial charge in [-0.05, 0) is 18.9 Å². The van der Waals surface area contributed by atoms with Crippen LogP contribution in [0.3, 0.4) is 0 Å². The fourth-order valence-electron chi connectivity index (χ4n) is 1.14. The molecule has 0 saturated heterocycles. The second-order valence-corrected chi connectivity index (χ2v) is 4.05. The van der Waals surface area contributed by atoms with Gasteiger partial charge < -0.3 is 4.74 Å². The summed E-state index contributed by atoms with van der Waals surface area (Å²) in [7, 11) is 0. The van der Waals surface area contributed by atoms with Crippen LogP contribution in [0, 0.1) is 0 Å². The summed E-state index contributed by atoms with van der Waals surface area (Å²) in [5.41, 5.74) is 0. The largest absolute Gasteiger partial charge is 0.367 e. The highest BCUT2D eigenvalue weighted by atomic mass is 79.9. The van der Waals surface area contributed by atoms with E-state index in [4.69, 9.17) is 4.74 Å². The van der Waals surface area contributed by atoms with Crippen molar-refractivity contribution >= 4 is 15.9 Å². The van der Waals surface area contributed by atoms with E-state index in [1.165, 1.54) is 0 Å². The summed E-state index contributed by atoms with van der Waals surface area (Å²) >= 11 is 3.16. The van der Waals surface area contributed by atoms with E-state index in [2.05, 4.69) is 15.9 Å². The summed E-state index contributed by atoms with van der Waals surface area (Å²) in [6.45, 7) is 0. The summed E-state index contributed by atoms with van der Waals surface area (Å²) < 4.78 is 19.4. The minimum absolute atomic E-state index is 0.302. The summed E-state index contributed by atoms with van der Waals surface area (Å²) in [6.07, 6.45) is 6.39. The van der Waals surface area contributed by atoms with Crippen molar-refractivity contribution in [3.05, 3.63) is 22.7 Å². The molecule has 1 nitrogen and oxygen atoms in total. The first-order chi connectivity index (χ1) is 5.77. The van der Waals surface area contributed by atoms with E-state index in [-0.39, 0.29) is 6.10 Å². The molecule has 12 heavy (non-hydrogen) atoms. The number of ether oxygens (including phenoxy) is 1. The average Bonchev–Trinajstić information content (AvgIpc) is 2.83. The lowest BCUT2D eigenvalue weighted by atomic mass is 10.1. The lowest BCUT2D eigenvalue weighted by Gasteiger charge is -2.20. The number of hydrogen-bond donors (Lipinski definition) is 0. The number of rotatable bonds is 2. The van der Waals surface area contributed by atoms with E-state index in [9.17, 15) is 4.39 Å². The van der Waals surface area contributed by atoms with Crippen molar-refractivity contribution in [2.45, 2.75) is 31.2 Å². The lowest BCUT2D eigenvalue weighted by molar-refractivity contribution is 0.0307. The smallest absolute Gasteiger partial charge is 0.161 e. The van der Waals surface area contributed by atoms with Crippen molar-refractivity contribution in [1.82, 2.24) is 0 Å². The molecule has 0 radical (unpaired) electrons. The van der Waals surface area contributed by atoms with Gasteiger partial charge in [-0.3, -0.25) is 0 Å². The van der Waals surface area contributed by atoms with Crippen molar-refractivity contribution in [3.63, 3.8) is 0 Å². The van der Waals surface area contributed by atoms with Crippen molar-refractivity contribution in [2.75, 3.05) is 0 Å². The molecule has 2 aliphatic carbocycles. The Hall–Kier alpha value is -0.150. The van der Waals surface area contributed by atoms with Crippen LogP contribution in [0.1, 0.15) is 12.8 Å². The van der Waals surface area contributed by atoms with Crippen LogP contribution in [-0.4, -0.2) is 18.4 Å². The molecule has 2 unspecified atom stereocenters. The minimum Gasteiger partial charge on any atom is -0.367 e. The van der Waals surface area contributed by atoms with Gasteiger partial charge in [0.2, 0.25) is 0 Å². The molecule has 3 heteroatoms. The van der Waals surface area contributed by atoms with Crippen LogP contribution < -0.4 is 0 Å². The van der Waals surface area contributed by atoms with E-state index in [0.29, 0.717) is 10.6 Å². The van der Waals surface area contributed by atoms with Crippen LogP contribution >= 0.6 is 15.9 Å². The van der Waals surface area contributed by atoms with Crippen LogP contribution in [0.15, 0.2) is 22.7 Å². The zero-order chi connectivity index (χ0) is 8.55. The third-order valence-corrected chi connectivity index (χ3v) is 2.68. The monoisotopic (exact) mass is 232 g/mol. The first kappa shape index (κ1) is 8.45. The molecule has 0 aliphatic heterocycles. The van der Waals surface area contributed by atoms with Gasteiger partial charge in [0.25, 0.3) is 0 Å². The van der Waals surface area contributed by atoms with Gasteiger partial charge in [-0.25, -0.2) is 4.39 Å². The van der Waals surface area contributed by atoms with Crippen LogP contribution in [0.5, 0.6) is 0 Å². The molecule has 1 saturated carbocycles. The summed E-state index contributed by atoms with van der Waals surface area (Å²) in [5, 5.41) is 0. The third kappa shape index (κ3) is 1.77. The Morgan fingerprint density at radius 1 is 1.50 bits per heavy atom. The molecule has 0 aromatic rings. The van der Waals surface area contributed by atoms with E-state index in [0.717, 1.165) is 12.8 Å². The van der Waals surface area contributed by atoms with E-state index >= 15 is 0 Å². The van der Waals surface area contributed by atoms with Crippen molar-refractivity contribution < 1.29 is 9.13 Å². The highest BCUT2D eigenvalue weighted by molar-refractivity contribution is 9.11. The Labute approximate surface area is 79.4 Å². The predicted molar refractivity (Wildman–Crippen MR) is 48.9 cm³/mol. The van der Waals surface area contributed by atoms with Gasteiger partial charge >= 0.3 is 0 Å². The fourth-order valence-corrected chi connectivity index (χ4v) is 1.56. The summed E-state index contributed by atoms with van der Waals surface area (Å²) in [4.78, 5) is 0. The van der Waals surface area contributed by atoms with Gasteiger partial charge in [0.05, 0.1) is 6.10 Å². The van der Waals surface area contributed by atoms with Gasteiger partial charge in [-0.15, -0.1) is 0 Å². The first-order valence-electron chi connectivity index (χ1n) is 4.11. The first-order valence-corrected chi connectivity index (χ1v) is 4.90. The van der Waals surface area contributed by atoms with Gasteiger partial charge in [-0.1, -0.05) is 28.1 Å². The van der Waals surface area contributed by atoms with Gasteiger partial charge in [0.1, 0.15) is 6.10 Å². The maximum absolute atomic E-state index is 13.3. The lowest BCUT2D eigenvalue weighted by Crippen LogP contribution is -2.26. The Morgan fingerprint density at radius 2 is 2.25 bits per heavy atom. The van der Waals surface area contributed by atoms with E-state index < -0.39 is 6.17 Å². The summed E-state index contributed by atoms with van der Waals surface area (Å²) in [6, 6.07) is 0. The van der Waals surface area contributed by atoms with E-state index in [1.54, 1.807) is 12.2 Å². The zero-order valence-electron chi connectivity index (χ0n) is 6.54. The maximum Gasteiger partial charge on any atom is 0.161 e. The molecule has 0 N–H and O–H groups in total. The number of alkyl halides is 1. The van der Waals surface area contributed by atoms with Crippen LogP contribution in [0.25, 0.3) is 0 Å². The average molecular weight is 233 g/mol. The van der Waals surface area contributed by atoms with E-state index in [1.807, 2.05) is 6.08 Å². The SMILES string of the molecule is FC1C(Br)=CC=CC1OC1CC1. The van der Waals surface area contributed by atoms with Crippen molar-refractivity contribution in [2.24, 2.45) is 0 Å². The normalized spacial score (nSPS) is 35.0. The Bertz CT molecular complexity index is 233. The predicted octanol–water partition coefficient (Wildman–Crippen LogP) is 2.72. The second-order valence-electron chi connectivity index (χ2n) is 3.14. The second kappa shape index (κ2) is 3.30. The molecule has 0 heterocycles. The molecular formula is C9H10BrFO. The topological polar surface area (TPSA) is 9.23 Å². The molecule has 66 valence electrons. The molecule has 0 aromatic carbocycles. The van der Waals surface area contributed by atoms with Crippen LogP contribution in [0.4, 0.5) is 4.39 Å². The van der Waals surface area contributed by atoms with Gasteiger partial charge in [-0.2, -0.15) is 0 Å². The molecule has 2 atom stereocenters. The number of hydrogen-bond acceptors (Lipinski definition) is 1. The molecule has 2 rings (SSSR count). The van der Waals surface area contributed by atoms with Crippen LogP contribution in [-0.2, 0) is 4.74 Å². The van der Waals surface area contributed by atoms with Gasteiger partial charge in [0.15, 0.2) is 6.17 Å². The standard InChI is InChI=1S/C9H10BrFO/c10-7-2-1-3-8(9(7)11)12-6-4-5-6/h1-3,6,8-9H,4-5H2. The van der Waals surface area contributed by atoms with Crippen molar-refractivity contribution in [1.29, 1.82) is 0 Å². The van der Waals surface area contributed by atoms with Crippen LogP contribution in [0.2, 0.25) is 0 Å². The highest BCUT2D eigenvalue weighted by Gasteiger charge is 2.31. The quantitative estimate of drug-likeness (QED) is 0.712. The molecule has 0 aromatic heterocycles. The van der Waals surface area contributed by atoms with Crippen molar-refractivity contribution in [3.8, 4) is 0 Å².